The number of carbonyl (C=O) groups excluding carboxylic acids is 1. The van der Waals surface area contributed by atoms with Gasteiger partial charge in [-0.15, -0.1) is 11.3 Å². The SMILES string of the molecule is CC(C)(C)[C@H]1CCc2nc3sc(C(=O)NC(CCN4CCC(O)CC4)c4ccc(-c5csc(C(=O)O)c5)cc4)nc3cc2C1. The molecule has 3 aromatic heterocycles. The zero-order chi connectivity index (χ0) is 31.0. The van der Waals surface area contributed by atoms with Gasteiger partial charge in [-0.25, -0.2) is 14.8 Å². The number of aromatic carboxylic acids is 1. The van der Waals surface area contributed by atoms with Gasteiger partial charge in [0.25, 0.3) is 5.91 Å². The summed E-state index contributed by atoms with van der Waals surface area (Å²) >= 11 is 2.57. The van der Waals surface area contributed by atoms with Gasteiger partial charge in [-0.05, 0) is 89.6 Å². The number of likely N-dealkylation sites (tertiary alicyclic amines) is 1. The molecule has 0 radical (unpaired) electrons. The summed E-state index contributed by atoms with van der Waals surface area (Å²) < 4.78 is 0. The minimum Gasteiger partial charge on any atom is -0.477 e. The maximum atomic E-state index is 13.7. The Labute approximate surface area is 266 Å². The molecule has 2 atom stereocenters. The Hall–Kier alpha value is -3.18. The van der Waals surface area contributed by atoms with Crippen molar-refractivity contribution >= 4 is 44.9 Å². The van der Waals surface area contributed by atoms with Crippen LogP contribution in [0, 0.1) is 11.3 Å². The van der Waals surface area contributed by atoms with Crippen molar-refractivity contribution in [1.82, 2.24) is 20.2 Å². The zero-order valence-electron chi connectivity index (χ0n) is 25.5. The van der Waals surface area contributed by atoms with E-state index in [0.29, 0.717) is 22.2 Å². The molecule has 1 aromatic carbocycles. The molecule has 6 rings (SSSR count). The molecule has 2 aliphatic rings. The Bertz CT molecular complexity index is 1650. The van der Waals surface area contributed by atoms with E-state index in [9.17, 15) is 19.8 Å². The molecule has 1 saturated heterocycles. The molecule has 4 aromatic rings. The first-order valence-electron chi connectivity index (χ1n) is 15.5. The lowest BCUT2D eigenvalue weighted by atomic mass is 9.71. The number of thiazole rings is 1. The Morgan fingerprint density at radius 3 is 2.50 bits per heavy atom. The molecule has 1 amide bonds. The number of aryl methyl sites for hydroxylation is 1. The average Bonchev–Trinajstić information content (AvgIpc) is 3.66. The molecule has 1 aliphatic carbocycles. The number of carboxylic acid groups (broad SMARTS) is 1. The van der Waals surface area contributed by atoms with E-state index in [4.69, 9.17) is 9.97 Å². The number of carbonyl (C=O) groups is 2. The molecule has 4 heterocycles. The van der Waals surface area contributed by atoms with Crippen LogP contribution in [0.2, 0.25) is 0 Å². The van der Waals surface area contributed by atoms with Gasteiger partial charge in [-0.2, -0.15) is 0 Å². The van der Waals surface area contributed by atoms with Crippen molar-refractivity contribution in [2.24, 2.45) is 11.3 Å². The number of aromatic nitrogens is 2. The van der Waals surface area contributed by atoms with Gasteiger partial charge in [-0.3, -0.25) is 4.79 Å². The number of aliphatic hydroxyl groups excluding tert-OH is 1. The number of nitrogens with zero attached hydrogens (tertiary/aromatic N) is 3. The number of amides is 1. The standard InChI is InChI=1S/C34H40N4O4S2/c1-34(2,3)24-8-9-26-22(16-24)17-28-31(36-26)44-32(37-28)30(40)35-27(12-15-38-13-10-25(39)11-14-38)21-6-4-20(5-7-21)23-18-29(33(41)42)43-19-23/h4-7,17-19,24-25,27,39H,8-16H2,1-3H3,(H,35,40)(H,41,42)/t24-,27?/m0/s1. The van der Waals surface area contributed by atoms with E-state index in [-0.39, 0.29) is 23.5 Å². The van der Waals surface area contributed by atoms with Crippen LogP contribution < -0.4 is 5.32 Å². The fourth-order valence-corrected chi connectivity index (χ4v) is 7.95. The Morgan fingerprint density at radius 2 is 1.82 bits per heavy atom. The van der Waals surface area contributed by atoms with E-state index in [2.05, 4.69) is 37.1 Å². The number of benzene rings is 1. The first kappa shape index (κ1) is 30.8. The van der Waals surface area contributed by atoms with Crippen LogP contribution in [-0.2, 0) is 12.8 Å². The Morgan fingerprint density at radius 1 is 1.07 bits per heavy atom. The highest BCUT2D eigenvalue weighted by Gasteiger charge is 2.30. The van der Waals surface area contributed by atoms with Gasteiger partial charge in [0, 0.05) is 25.3 Å². The van der Waals surface area contributed by atoms with Gasteiger partial charge < -0.3 is 20.4 Å². The molecule has 1 unspecified atom stereocenters. The number of hydrogen-bond acceptors (Lipinski definition) is 8. The van der Waals surface area contributed by atoms with Crippen LogP contribution in [0.1, 0.15) is 88.8 Å². The van der Waals surface area contributed by atoms with Crippen molar-refractivity contribution in [3.63, 3.8) is 0 Å². The lowest BCUT2D eigenvalue weighted by Gasteiger charge is -2.34. The van der Waals surface area contributed by atoms with Crippen LogP contribution in [-0.4, -0.2) is 62.7 Å². The van der Waals surface area contributed by atoms with Gasteiger partial charge in [0.2, 0.25) is 0 Å². The minimum absolute atomic E-state index is 0.203. The molecule has 1 aliphatic heterocycles. The topological polar surface area (TPSA) is 116 Å². The van der Waals surface area contributed by atoms with Crippen LogP contribution in [0.4, 0.5) is 0 Å². The number of carboxylic acids is 1. The summed E-state index contributed by atoms with van der Waals surface area (Å²) in [7, 11) is 0. The van der Waals surface area contributed by atoms with Crippen LogP contribution in [0.25, 0.3) is 21.5 Å². The van der Waals surface area contributed by atoms with E-state index in [1.807, 2.05) is 29.6 Å². The quantitative estimate of drug-likeness (QED) is 0.201. The smallest absolute Gasteiger partial charge is 0.345 e. The third-order valence-corrected chi connectivity index (χ3v) is 11.1. The highest BCUT2D eigenvalue weighted by molar-refractivity contribution is 7.19. The van der Waals surface area contributed by atoms with Gasteiger partial charge in [0.15, 0.2) is 5.01 Å². The van der Waals surface area contributed by atoms with Crippen molar-refractivity contribution in [2.45, 2.75) is 71.4 Å². The summed E-state index contributed by atoms with van der Waals surface area (Å²) in [4.78, 5) is 38.2. The fourth-order valence-electron chi connectivity index (χ4n) is 6.35. The van der Waals surface area contributed by atoms with Crippen LogP contribution in [0.3, 0.4) is 0 Å². The van der Waals surface area contributed by atoms with Crippen LogP contribution in [0.5, 0.6) is 0 Å². The second-order valence-electron chi connectivity index (χ2n) is 13.3. The van der Waals surface area contributed by atoms with Crippen molar-refractivity contribution < 1.29 is 19.8 Å². The van der Waals surface area contributed by atoms with E-state index in [1.165, 1.54) is 28.2 Å². The highest BCUT2D eigenvalue weighted by atomic mass is 32.1. The molecule has 3 N–H and O–H groups in total. The predicted octanol–water partition coefficient (Wildman–Crippen LogP) is 6.59. The van der Waals surface area contributed by atoms with Gasteiger partial charge in [0.05, 0.1) is 12.1 Å². The molecule has 8 nitrogen and oxygen atoms in total. The summed E-state index contributed by atoms with van der Waals surface area (Å²) in [6.45, 7) is 9.39. The second-order valence-corrected chi connectivity index (χ2v) is 15.1. The van der Waals surface area contributed by atoms with E-state index < -0.39 is 5.97 Å². The number of piperidine rings is 1. The molecular weight excluding hydrogens is 593 g/mol. The zero-order valence-corrected chi connectivity index (χ0v) is 27.1. The van der Waals surface area contributed by atoms with E-state index in [0.717, 1.165) is 84.5 Å². The molecule has 232 valence electrons. The number of aliphatic hydroxyl groups is 1. The lowest BCUT2D eigenvalue weighted by Crippen LogP contribution is -2.38. The number of pyridine rings is 1. The summed E-state index contributed by atoms with van der Waals surface area (Å²) in [5.74, 6) is -0.527. The molecule has 0 saturated carbocycles. The van der Waals surface area contributed by atoms with Gasteiger partial charge in [0.1, 0.15) is 15.2 Å². The third-order valence-electron chi connectivity index (χ3n) is 9.22. The lowest BCUT2D eigenvalue weighted by molar-refractivity contribution is 0.0701. The van der Waals surface area contributed by atoms with Crippen molar-refractivity contribution in [1.29, 1.82) is 0 Å². The number of nitrogens with one attached hydrogen (secondary N) is 1. The van der Waals surface area contributed by atoms with Gasteiger partial charge >= 0.3 is 5.97 Å². The fraction of sp³-hybridized carbons (Fsp3) is 0.471. The van der Waals surface area contributed by atoms with Crippen molar-refractivity contribution in [3.05, 3.63) is 68.5 Å². The molecule has 1 fully saturated rings. The third kappa shape index (κ3) is 6.88. The Balaban J connectivity index is 1.21. The molecule has 10 heteroatoms. The minimum atomic E-state index is -0.926. The van der Waals surface area contributed by atoms with E-state index in [1.54, 1.807) is 6.07 Å². The highest BCUT2D eigenvalue weighted by Crippen LogP contribution is 2.38. The summed E-state index contributed by atoms with van der Waals surface area (Å²) in [6.07, 6.45) is 5.11. The maximum Gasteiger partial charge on any atom is 0.345 e. The van der Waals surface area contributed by atoms with Crippen molar-refractivity contribution in [3.8, 4) is 11.1 Å². The predicted molar refractivity (Wildman–Crippen MR) is 176 cm³/mol. The number of rotatable bonds is 8. The normalized spacial score (nSPS) is 18.7. The first-order chi connectivity index (χ1) is 21.0. The molecule has 44 heavy (non-hydrogen) atoms. The summed E-state index contributed by atoms with van der Waals surface area (Å²) in [5.41, 5.74) is 6.21. The van der Waals surface area contributed by atoms with Gasteiger partial charge in [-0.1, -0.05) is 56.4 Å². The summed E-state index contributed by atoms with van der Waals surface area (Å²) in [6, 6.07) is 11.6. The van der Waals surface area contributed by atoms with Crippen molar-refractivity contribution in [2.75, 3.05) is 19.6 Å². The van der Waals surface area contributed by atoms with Crippen LogP contribution in [0.15, 0.2) is 41.8 Å². The largest absolute Gasteiger partial charge is 0.477 e. The first-order valence-corrected chi connectivity index (χ1v) is 17.2. The molecule has 0 spiro atoms. The molecular formula is C34H40N4O4S2. The average molecular weight is 633 g/mol. The monoisotopic (exact) mass is 632 g/mol. The second kappa shape index (κ2) is 12.7. The van der Waals surface area contributed by atoms with E-state index >= 15 is 0 Å². The number of hydrogen-bond donors (Lipinski definition) is 3. The Kier molecular flexibility index (Phi) is 8.88. The molecule has 0 bridgehead atoms. The number of thiophene rings is 1. The van der Waals surface area contributed by atoms with Crippen LogP contribution >= 0.6 is 22.7 Å². The maximum absolute atomic E-state index is 13.7. The number of fused-ring (bicyclic) bond motifs is 2. The summed E-state index contributed by atoms with van der Waals surface area (Å²) in [5, 5.41) is 24.8.